The Morgan fingerprint density at radius 1 is 1.58 bits per heavy atom. The predicted octanol–water partition coefficient (Wildman–Crippen LogP) is 1.15. The third-order valence-electron chi connectivity index (χ3n) is 3.09. The lowest BCUT2D eigenvalue weighted by molar-refractivity contribution is 0.0317. The largest absolute Gasteiger partial charge is 0.507 e. The van der Waals surface area contributed by atoms with Crippen LogP contribution in [0.2, 0.25) is 0 Å². The summed E-state index contributed by atoms with van der Waals surface area (Å²) >= 11 is 1.26. The molecule has 1 saturated heterocycles. The second-order valence-electron chi connectivity index (χ2n) is 4.90. The number of amides is 1. The van der Waals surface area contributed by atoms with Crippen molar-refractivity contribution in [3.63, 3.8) is 0 Å². The first kappa shape index (κ1) is 14.3. The van der Waals surface area contributed by atoms with E-state index in [1.165, 1.54) is 17.4 Å². The van der Waals surface area contributed by atoms with Crippen LogP contribution in [0.15, 0.2) is 11.4 Å². The fourth-order valence-corrected chi connectivity index (χ4v) is 2.77. The fourth-order valence-electron chi connectivity index (χ4n) is 2.09. The maximum atomic E-state index is 11.8. The van der Waals surface area contributed by atoms with Crippen LogP contribution in [0.4, 0.5) is 0 Å². The molecular formula is C13H20N2O3S. The minimum atomic E-state index is -0.112. The first-order chi connectivity index (χ1) is 9.15. The first-order valence-electron chi connectivity index (χ1n) is 6.51. The summed E-state index contributed by atoms with van der Waals surface area (Å²) in [6, 6.07) is 1.49. The van der Waals surface area contributed by atoms with Gasteiger partial charge in [0.15, 0.2) is 0 Å². The van der Waals surface area contributed by atoms with Crippen LogP contribution in [-0.2, 0) is 4.74 Å². The van der Waals surface area contributed by atoms with Crippen LogP contribution in [0.1, 0.15) is 16.6 Å². The highest BCUT2D eigenvalue weighted by Crippen LogP contribution is 2.19. The number of aromatic hydroxyl groups is 1. The van der Waals surface area contributed by atoms with Crippen LogP contribution in [0.25, 0.3) is 0 Å². The zero-order valence-corrected chi connectivity index (χ0v) is 11.9. The fraction of sp³-hybridized carbons (Fsp3) is 0.615. The molecule has 0 spiro atoms. The summed E-state index contributed by atoms with van der Waals surface area (Å²) < 4.78 is 5.31. The minimum Gasteiger partial charge on any atom is -0.507 e. The molecule has 19 heavy (non-hydrogen) atoms. The van der Waals surface area contributed by atoms with Gasteiger partial charge >= 0.3 is 0 Å². The highest BCUT2D eigenvalue weighted by Gasteiger charge is 2.15. The molecule has 1 aliphatic rings. The van der Waals surface area contributed by atoms with E-state index in [0.29, 0.717) is 17.3 Å². The highest BCUT2D eigenvalue weighted by molar-refractivity contribution is 7.12. The van der Waals surface area contributed by atoms with Crippen LogP contribution in [0, 0.1) is 5.92 Å². The van der Waals surface area contributed by atoms with Gasteiger partial charge in [-0.25, -0.2) is 0 Å². The van der Waals surface area contributed by atoms with Crippen LogP contribution in [-0.4, -0.2) is 55.3 Å². The van der Waals surface area contributed by atoms with Crippen molar-refractivity contribution in [2.75, 3.05) is 39.4 Å². The molecule has 6 heteroatoms. The molecule has 2 rings (SSSR count). The first-order valence-corrected chi connectivity index (χ1v) is 7.39. The molecule has 1 fully saturated rings. The van der Waals surface area contributed by atoms with Crippen LogP contribution in [0.5, 0.6) is 5.75 Å². The lowest BCUT2D eigenvalue weighted by atomic mass is 10.1. The molecule has 1 aromatic rings. The number of nitrogens with one attached hydrogen (secondary N) is 1. The molecule has 0 aromatic carbocycles. The van der Waals surface area contributed by atoms with Gasteiger partial charge in [-0.3, -0.25) is 9.69 Å². The zero-order chi connectivity index (χ0) is 13.7. The molecule has 1 aromatic heterocycles. The van der Waals surface area contributed by atoms with E-state index in [0.717, 1.165) is 32.8 Å². The molecule has 0 bridgehead atoms. The maximum absolute atomic E-state index is 11.8. The average molecular weight is 284 g/mol. The van der Waals surface area contributed by atoms with Gasteiger partial charge in [0, 0.05) is 37.6 Å². The molecule has 1 aliphatic heterocycles. The van der Waals surface area contributed by atoms with Crippen LogP contribution < -0.4 is 5.32 Å². The monoisotopic (exact) mass is 284 g/mol. The smallest absolute Gasteiger partial charge is 0.261 e. The lowest BCUT2D eigenvalue weighted by Gasteiger charge is -2.29. The van der Waals surface area contributed by atoms with Crippen molar-refractivity contribution >= 4 is 17.2 Å². The maximum Gasteiger partial charge on any atom is 0.261 e. The standard InChI is InChI=1S/C13H20N2O3S/c1-10(8-15-2-4-18-5-3-15)7-14-13(17)12-6-11(16)9-19-12/h6,9-10,16H,2-5,7-8H2,1H3,(H,14,17). The summed E-state index contributed by atoms with van der Waals surface area (Å²) in [5.74, 6) is 0.436. The van der Waals surface area contributed by atoms with Crippen molar-refractivity contribution in [3.05, 3.63) is 16.3 Å². The van der Waals surface area contributed by atoms with Gasteiger partial charge < -0.3 is 15.2 Å². The Hall–Kier alpha value is -1.11. The number of hydrogen-bond donors (Lipinski definition) is 2. The van der Waals surface area contributed by atoms with Crippen molar-refractivity contribution in [2.24, 2.45) is 5.92 Å². The van der Waals surface area contributed by atoms with E-state index >= 15 is 0 Å². The molecule has 0 saturated carbocycles. The minimum absolute atomic E-state index is 0.112. The second kappa shape index (κ2) is 6.88. The summed E-state index contributed by atoms with van der Waals surface area (Å²) in [4.78, 5) is 14.7. The Bertz CT molecular complexity index is 416. The van der Waals surface area contributed by atoms with Crippen molar-refractivity contribution in [1.29, 1.82) is 0 Å². The van der Waals surface area contributed by atoms with Crippen LogP contribution in [0.3, 0.4) is 0 Å². The quantitative estimate of drug-likeness (QED) is 0.851. The number of rotatable bonds is 5. The van der Waals surface area contributed by atoms with Crippen LogP contribution >= 0.6 is 11.3 Å². The number of ether oxygens (including phenoxy) is 1. The van der Waals surface area contributed by atoms with Gasteiger partial charge in [0.1, 0.15) is 5.75 Å². The summed E-state index contributed by atoms with van der Waals surface area (Å²) in [6.45, 7) is 7.28. The number of carbonyl (C=O) groups is 1. The normalized spacial score (nSPS) is 18.2. The van der Waals surface area contributed by atoms with E-state index in [2.05, 4.69) is 17.1 Å². The summed E-state index contributed by atoms with van der Waals surface area (Å²) in [5.41, 5.74) is 0. The van der Waals surface area contributed by atoms with Crippen molar-refractivity contribution in [1.82, 2.24) is 10.2 Å². The van der Waals surface area contributed by atoms with E-state index < -0.39 is 0 Å². The van der Waals surface area contributed by atoms with Crippen molar-refractivity contribution in [3.8, 4) is 5.75 Å². The second-order valence-corrected chi connectivity index (χ2v) is 5.81. The SMILES string of the molecule is CC(CNC(=O)c1cc(O)cs1)CN1CCOCC1. The number of morpholine rings is 1. The van der Waals surface area contributed by atoms with Gasteiger partial charge in [-0.15, -0.1) is 11.3 Å². The number of nitrogens with zero attached hydrogens (tertiary/aromatic N) is 1. The van der Waals surface area contributed by atoms with E-state index in [1.807, 2.05) is 0 Å². The average Bonchev–Trinajstić information content (AvgIpc) is 2.84. The van der Waals surface area contributed by atoms with Gasteiger partial charge in [-0.05, 0) is 5.92 Å². The van der Waals surface area contributed by atoms with Gasteiger partial charge in [-0.1, -0.05) is 6.92 Å². The molecule has 2 N–H and O–H groups in total. The Labute approximate surface area is 117 Å². The van der Waals surface area contributed by atoms with Gasteiger partial charge in [-0.2, -0.15) is 0 Å². The third-order valence-corrected chi connectivity index (χ3v) is 4.01. The summed E-state index contributed by atoms with van der Waals surface area (Å²) in [6.07, 6.45) is 0. The molecule has 1 amide bonds. The highest BCUT2D eigenvalue weighted by atomic mass is 32.1. The van der Waals surface area contributed by atoms with Gasteiger partial charge in [0.05, 0.1) is 18.1 Å². The Morgan fingerprint density at radius 2 is 2.32 bits per heavy atom. The topological polar surface area (TPSA) is 61.8 Å². The molecular weight excluding hydrogens is 264 g/mol. The number of thiophene rings is 1. The van der Waals surface area contributed by atoms with E-state index in [9.17, 15) is 9.90 Å². The van der Waals surface area contributed by atoms with Crippen molar-refractivity contribution < 1.29 is 14.6 Å². The van der Waals surface area contributed by atoms with E-state index in [4.69, 9.17) is 4.74 Å². The van der Waals surface area contributed by atoms with Gasteiger partial charge in [0.2, 0.25) is 0 Å². The lowest BCUT2D eigenvalue weighted by Crippen LogP contribution is -2.41. The Kier molecular flexibility index (Phi) is 5.18. The Balaban J connectivity index is 1.70. The van der Waals surface area contributed by atoms with E-state index in [-0.39, 0.29) is 11.7 Å². The number of carbonyl (C=O) groups excluding carboxylic acids is 1. The zero-order valence-electron chi connectivity index (χ0n) is 11.1. The van der Waals surface area contributed by atoms with E-state index in [1.54, 1.807) is 5.38 Å². The van der Waals surface area contributed by atoms with Gasteiger partial charge in [0.25, 0.3) is 5.91 Å². The molecule has 0 radical (unpaired) electrons. The molecule has 0 aliphatic carbocycles. The van der Waals surface area contributed by atoms with Crippen molar-refractivity contribution in [2.45, 2.75) is 6.92 Å². The third kappa shape index (κ3) is 4.49. The summed E-state index contributed by atoms with van der Waals surface area (Å²) in [7, 11) is 0. The molecule has 1 unspecified atom stereocenters. The Morgan fingerprint density at radius 3 is 2.95 bits per heavy atom. The molecule has 5 nitrogen and oxygen atoms in total. The molecule has 2 heterocycles. The predicted molar refractivity (Wildman–Crippen MR) is 74.7 cm³/mol. The summed E-state index contributed by atoms with van der Waals surface area (Å²) in [5, 5.41) is 13.7. The molecule has 1 atom stereocenters. The molecule has 106 valence electrons. The number of hydrogen-bond acceptors (Lipinski definition) is 5.